The van der Waals surface area contributed by atoms with Crippen molar-refractivity contribution in [3.05, 3.63) is 0 Å². The third-order valence-electron chi connectivity index (χ3n) is 3.53. The summed E-state index contributed by atoms with van der Waals surface area (Å²) in [6, 6.07) is 0. The number of aliphatic hydroxyl groups excluding tert-OH is 3. The molecular formula is C9H14F3NO3. The molecule has 1 spiro atoms. The molecule has 1 saturated carbocycles. The first-order chi connectivity index (χ1) is 7.28. The number of halogens is 3. The summed E-state index contributed by atoms with van der Waals surface area (Å²) in [7, 11) is 0. The van der Waals surface area contributed by atoms with E-state index in [0.29, 0.717) is 12.8 Å². The Kier molecular flexibility index (Phi) is 2.69. The van der Waals surface area contributed by atoms with Crippen molar-refractivity contribution in [1.29, 1.82) is 0 Å². The van der Waals surface area contributed by atoms with E-state index in [9.17, 15) is 28.5 Å². The topological polar surface area (TPSA) is 72.7 Å². The van der Waals surface area contributed by atoms with Crippen LogP contribution in [-0.4, -0.2) is 51.9 Å². The molecule has 2 fully saturated rings. The number of β-amino-alcohol motifs (C(OH)–C–C–N with tert-alkyl or cyclic N) is 1. The standard InChI is InChI=1S/C9H14F3NO3/c10-9(11,12)7(16)5-6(15)4(14)3-13-8(5)1-2-8/h4-7,13-16H,1-3H2/t4-,5?,6+,7-/m1/s1. The molecule has 4 N–H and O–H groups in total. The zero-order valence-electron chi connectivity index (χ0n) is 8.41. The molecule has 4 nitrogen and oxygen atoms in total. The zero-order chi connectivity index (χ0) is 12.1. The number of nitrogens with one attached hydrogen (secondary N) is 1. The summed E-state index contributed by atoms with van der Waals surface area (Å²) in [6.45, 7) is 0.0578. The van der Waals surface area contributed by atoms with Crippen LogP contribution in [0.5, 0.6) is 0 Å². The molecule has 1 saturated heterocycles. The first-order valence-electron chi connectivity index (χ1n) is 5.14. The second-order valence-corrected chi connectivity index (χ2v) is 4.61. The molecule has 7 heteroatoms. The van der Waals surface area contributed by atoms with E-state index >= 15 is 0 Å². The summed E-state index contributed by atoms with van der Waals surface area (Å²) in [5.41, 5.74) is -0.854. The van der Waals surface area contributed by atoms with E-state index in [0.717, 1.165) is 0 Å². The summed E-state index contributed by atoms with van der Waals surface area (Å²) in [5.74, 6) is -1.39. The Morgan fingerprint density at radius 1 is 1.25 bits per heavy atom. The van der Waals surface area contributed by atoms with Crippen molar-refractivity contribution in [2.75, 3.05) is 6.54 Å². The molecule has 0 aromatic rings. The van der Waals surface area contributed by atoms with Gasteiger partial charge >= 0.3 is 6.18 Å². The van der Waals surface area contributed by atoms with Crippen LogP contribution in [-0.2, 0) is 0 Å². The van der Waals surface area contributed by atoms with E-state index in [-0.39, 0.29) is 6.54 Å². The van der Waals surface area contributed by atoms with Gasteiger partial charge in [-0.15, -0.1) is 0 Å². The maximum atomic E-state index is 12.4. The van der Waals surface area contributed by atoms with Crippen LogP contribution < -0.4 is 5.32 Å². The molecule has 0 aromatic heterocycles. The second kappa shape index (κ2) is 3.56. The molecular weight excluding hydrogens is 227 g/mol. The number of rotatable bonds is 1. The zero-order valence-corrected chi connectivity index (χ0v) is 8.41. The van der Waals surface area contributed by atoms with Crippen LogP contribution in [0.15, 0.2) is 0 Å². The Bertz CT molecular complexity index is 280. The predicted molar refractivity (Wildman–Crippen MR) is 47.5 cm³/mol. The average molecular weight is 241 g/mol. The monoisotopic (exact) mass is 241 g/mol. The Labute approximate surface area is 90.1 Å². The molecule has 1 aliphatic carbocycles. The van der Waals surface area contributed by atoms with E-state index in [1.54, 1.807) is 0 Å². The number of hydrogen-bond acceptors (Lipinski definition) is 4. The van der Waals surface area contributed by atoms with E-state index < -0.39 is 35.9 Å². The van der Waals surface area contributed by atoms with Gasteiger partial charge in [0.15, 0.2) is 6.10 Å². The van der Waals surface area contributed by atoms with Crippen molar-refractivity contribution < 1.29 is 28.5 Å². The van der Waals surface area contributed by atoms with Crippen molar-refractivity contribution in [2.45, 2.75) is 42.9 Å². The summed E-state index contributed by atoms with van der Waals surface area (Å²) in [4.78, 5) is 0. The normalized spacial score (nSPS) is 39.8. The fraction of sp³-hybridized carbons (Fsp3) is 1.00. The van der Waals surface area contributed by atoms with Crippen LogP contribution in [0.2, 0.25) is 0 Å². The Balaban J connectivity index is 2.21. The highest BCUT2D eigenvalue weighted by atomic mass is 19.4. The van der Waals surface area contributed by atoms with Gasteiger partial charge in [0, 0.05) is 18.0 Å². The highest BCUT2D eigenvalue weighted by Gasteiger charge is 2.63. The summed E-state index contributed by atoms with van der Waals surface area (Å²) < 4.78 is 37.3. The van der Waals surface area contributed by atoms with Crippen LogP contribution in [0.1, 0.15) is 12.8 Å². The minimum atomic E-state index is -4.78. The lowest BCUT2D eigenvalue weighted by molar-refractivity contribution is -0.243. The first-order valence-corrected chi connectivity index (χ1v) is 5.14. The van der Waals surface area contributed by atoms with Gasteiger partial charge in [0.2, 0.25) is 0 Å². The molecule has 1 heterocycles. The fourth-order valence-electron chi connectivity index (χ4n) is 2.45. The van der Waals surface area contributed by atoms with Crippen molar-refractivity contribution in [3.8, 4) is 0 Å². The molecule has 2 aliphatic rings. The van der Waals surface area contributed by atoms with Gasteiger partial charge in [0.1, 0.15) is 0 Å². The van der Waals surface area contributed by atoms with Gasteiger partial charge in [-0.25, -0.2) is 0 Å². The molecule has 4 atom stereocenters. The van der Waals surface area contributed by atoms with E-state index in [2.05, 4.69) is 5.32 Å². The van der Waals surface area contributed by atoms with E-state index in [1.807, 2.05) is 0 Å². The Morgan fingerprint density at radius 2 is 1.81 bits per heavy atom. The predicted octanol–water partition coefficient (Wildman–Crippen LogP) is -0.617. The van der Waals surface area contributed by atoms with Gasteiger partial charge < -0.3 is 20.6 Å². The van der Waals surface area contributed by atoms with E-state index in [4.69, 9.17) is 0 Å². The molecule has 0 amide bonds. The van der Waals surface area contributed by atoms with Crippen LogP contribution in [0.3, 0.4) is 0 Å². The van der Waals surface area contributed by atoms with Gasteiger partial charge in [-0.05, 0) is 12.8 Å². The SMILES string of the molecule is O[C@@H]1CNC2(CC2)C([C@@H](O)C(F)(F)F)[C@H]1O. The minimum Gasteiger partial charge on any atom is -0.390 e. The van der Waals surface area contributed by atoms with Crippen LogP contribution in [0.4, 0.5) is 13.2 Å². The molecule has 1 unspecified atom stereocenters. The maximum Gasteiger partial charge on any atom is 0.414 e. The molecule has 0 radical (unpaired) electrons. The summed E-state index contributed by atoms with van der Waals surface area (Å²) >= 11 is 0. The molecule has 0 aromatic carbocycles. The Morgan fingerprint density at radius 3 is 2.25 bits per heavy atom. The van der Waals surface area contributed by atoms with Gasteiger partial charge in [-0.1, -0.05) is 0 Å². The summed E-state index contributed by atoms with van der Waals surface area (Å²) in [6.07, 6.45) is -9.23. The smallest absolute Gasteiger partial charge is 0.390 e. The van der Waals surface area contributed by atoms with Gasteiger partial charge in [0.25, 0.3) is 0 Å². The molecule has 94 valence electrons. The van der Waals surface area contributed by atoms with Crippen LogP contribution >= 0.6 is 0 Å². The lowest BCUT2D eigenvalue weighted by atomic mass is 9.80. The molecule has 1 aliphatic heterocycles. The van der Waals surface area contributed by atoms with Crippen molar-refractivity contribution >= 4 is 0 Å². The lowest BCUT2D eigenvalue weighted by Gasteiger charge is -2.42. The lowest BCUT2D eigenvalue weighted by Crippen LogP contribution is -2.63. The summed E-state index contributed by atoms with van der Waals surface area (Å²) in [5, 5.41) is 30.9. The van der Waals surface area contributed by atoms with Gasteiger partial charge in [0.05, 0.1) is 12.2 Å². The Hall–Kier alpha value is -0.370. The highest BCUT2D eigenvalue weighted by molar-refractivity contribution is 5.15. The number of aliphatic hydroxyl groups is 3. The third-order valence-corrected chi connectivity index (χ3v) is 3.53. The van der Waals surface area contributed by atoms with Gasteiger partial charge in [-0.2, -0.15) is 13.2 Å². The third kappa shape index (κ3) is 1.81. The highest BCUT2D eigenvalue weighted by Crippen LogP contribution is 2.50. The number of piperidine rings is 1. The minimum absolute atomic E-state index is 0.0578. The fourth-order valence-corrected chi connectivity index (χ4v) is 2.45. The second-order valence-electron chi connectivity index (χ2n) is 4.61. The van der Waals surface area contributed by atoms with Crippen LogP contribution in [0, 0.1) is 5.92 Å². The molecule has 16 heavy (non-hydrogen) atoms. The molecule has 0 bridgehead atoms. The van der Waals surface area contributed by atoms with Crippen molar-refractivity contribution in [2.24, 2.45) is 5.92 Å². The van der Waals surface area contributed by atoms with Crippen molar-refractivity contribution in [1.82, 2.24) is 5.32 Å². The maximum absolute atomic E-state index is 12.4. The molecule has 2 rings (SSSR count). The van der Waals surface area contributed by atoms with Gasteiger partial charge in [-0.3, -0.25) is 0 Å². The number of alkyl halides is 3. The first kappa shape index (κ1) is 12.1. The largest absolute Gasteiger partial charge is 0.414 e. The van der Waals surface area contributed by atoms with Crippen LogP contribution in [0.25, 0.3) is 0 Å². The quantitative estimate of drug-likeness (QED) is 0.494. The number of hydrogen-bond donors (Lipinski definition) is 4. The van der Waals surface area contributed by atoms with Crippen molar-refractivity contribution in [3.63, 3.8) is 0 Å². The van der Waals surface area contributed by atoms with E-state index in [1.165, 1.54) is 0 Å². The average Bonchev–Trinajstić information content (AvgIpc) is 2.92.